The lowest BCUT2D eigenvalue weighted by atomic mass is 10.2. The Bertz CT molecular complexity index is 731. The van der Waals surface area contributed by atoms with Gasteiger partial charge in [0.1, 0.15) is 0 Å². The Hall–Kier alpha value is -1.28. The Balaban J connectivity index is 1.63. The van der Waals surface area contributed by atoms with Gasteiger partial charge in [-0.1, -0.05) is 23.4 Å². The number of halogens is 1. The van der Waals surface area contributed by atoms with Gasteiger partial charge in [-0.05, 0) is 31.0 Å². The van der Waals surface area contributed by atoms with Crippen LogP contribution in [-0.2, 0) is 20.8 Å². The largest absolute Gasteiger partial charge is 0.383 e. The standard InChI is InChI=1S/C17H22ClN3O3S/c1-23-8-6-21-15-5-4-12(18)9-14(15)20-17(21)25-11-16(22)19-10-13-3-2-7-24-13/h4-5,9,13H,2-3,6-8,10-11H2,1H3,(H,19,22)/t13-/m1/s1. The van der Waals surface area contributed by atoms with Crippen molar-refractivity contribution in [1.82, 2.24) is 14.9 Å². The molecule has 1 aliphatic heterocycles. The van der Waals surface area contributed by atoms with E-state index in [4.69, 9.17) is 21.1 Å². The van der Waals surface area contributed by atoms with Crippen LogP contribution in [0.3, 0.4) is 0 Å². The molecule has 1 aromatic heterocycles. The van der Waals surface area contributed by atoms with Gasteiger partial charge >= 0.3 is 0 Å². The summed E-state index contributed by atoms with van der Waals surface area (Å²) in [6, 6.07) is 5.63. The molecule has 2 heterocycles. The van der Waals surface area contributed by atoms with Gasteiger partial charge < -0.3 is 19.4 Å². The van der Waals surface area contributed by atoms with Gasteiger partial charge in [-0.3, -0.25) is 4.79 Å². The number of rotatable bonds is 8. The molecule has 8 heteroatoms. The number of hydrogen-bond acceptors (Lipinski definition) is 5. The summed E-state index contributed by atoms with van der Waals surface area (Å²) in [4.78, 5) is 16.7. The van der Waals surface area contributed by atoms with Crippen LogP contribution in [0.5, 0.6) is 0 Å². The second-order valence-electron chi connectivity index (χ2n) is 5.90. The van der Waals surface area contributed by atoms with Crippen molar-refractivity contribution in [2.24, 2.45) is 0 Å². The van der Waals surface area contributed by atoms with Crippen molar-refractivity contribution in [3.63, 3.8) is 0 Å². The SMILES string of the molecule is COCCn1c(SCC(=O)NC[C@H]2CCCO2)nc2cc(Cl)ccc21. The van der Waals surface area contributed by atoms with Crippen LogP contribution in [0, 0.1) is 0 Å². The van der Waals surface area contributed by atoms with Crippen molar-refractivity contribution >= 4 is 40.3 Å². The molecule has 1 aromatic carbocycles. The van der Waals surface area contributed by atoms with Crippen LogP contribution in [0.2, 0.25) is 5.02 Å². The van der Waals surface area contributed by atoms with Crippen molar-refractivity contribution in [2.45, 2.75) is 30.6 Å². The summed E-state index contributed by atoms with van der Waals surface area (Å²) in [7, 11) is 1.67. The van der Waals surface area contributed by atoms with Crippen LogP contribution in [0.25, 0.3) is 11.0 Å². The third-order valence-corrected chi connectivity index (χ3v) is 5.29. The Labute approximate surface area is 156 Å². The average Bonchev–Trinajstić information content (AvgIpc) is 3.23. The molecule has 1 aliphatic rings. The van der Waals surface area contributed by atoms with Gasteiger partial charge in [0.15, 0.2) is 5.16 Å². The van der Waals surface area contributed by atoms with Gasteiger partial charge in [0, 0.05) is 31.8 Å². The molecule has 0 spiro atoms. The molecule has 1 saturated heterocycles. The van der Waals surface area contributed by atoms with Gasteiger partial charge in [-0.2, -0.15) is 0 Å². The fourth-order valence-electron chi connectivity index (χ4n) is 2.80. The molecule has 0 radical (unpaired) electrons. The number of amides is 1. The van der Waals surface area contributed by atoms with Gasteiger partial charge in [0.05, 0.1) is 29.5 Å². The highest BCUT2D eigenvalue weighted by Gasteiger charge is 2.17. The minimum Gasteiger partial charge on any atom is -0.383 e. The summed E-state index contributed by atoms with van der Waals surface area (Å²) in [5.74, 6) is 0.306. The third-order valence-electron chi connectivity index (χ3n) is 4.08. The fourth-order valence-corrected chi connectivity index (χ4v) is 3.84. The lowest BCUT2D eigenvalue weighted by molar-refractivity contribution is -0.119. The normalized spacial score (nSPS) is 17.3. The Kier molecular flexibility index (Phi) is 6.58. The molecule has 0 unspecified atom stereocenters. The molecular weight excluding hydrogens is 362 g/mol. The van der Waals surface area contributed by atoms with Crippen LogP contribution < -0.4 is 5.32 Å². The predicted octanol–water partition coefficient (Wildman–Crippen LogP) is 2.72. The molecule has 0 saturated carbocycles. The molecule has 25 heavy (non-hydrogen) atoms. The van der Waals surface area contributed by atoms with Crippen LogP contribution in [-0.4, -0.2) is 54.2 Å². The van der Waals surface area contributed by atoms with E-state index >= 15 is 0 Å². The molecule has 2 aromatic rings. The molecular formula is C17H22ClN3O3S. The molecule has 0 bridgehead atoms. The van der Waals surface area contributed by atoms with E-state index in [1.807, 2.05) is 18.2 Å². The number of imidazole rings is 1. The minimum atomic E-state index is -0.0103. The number of aromatic nitrogens is 2. The van der Waals surface area contributed by atoms with E-state index in [9.17, 15) is 4.79 Å². The van der Waals surface area contributed by atoms with E-state index in [0.717, 1.165) is 35.6 Å². The summed E-state index contributed by atoms with van der Waals surface area (Å²) in [6.07, 6.45) is 2.24. The van der Waals surface area contributed by atoms with Gasteiger partial charge in [-0.15, -0.1) is 0 Å². The number of ether oxygens (including phenoxy) is 2. The number of methoxy groups -OCH3 is 1. The highest BCUT2D eigenvalue weighted by molar-refractivity contribution is 7.99. The predicted molar refractivity (Wildman–Crippen MR) is 99.3 cm³/mol. The topological polar surface area (TPSA) is 65.4 Å². The zero-order valence-corrected chi connectivity index (χ0v) is 15.7. The first-order chi connectivity index (χ1) is 12.2. The molecule has 3 rings (SSSR count). The number of nitrogens with one attached hydrogen (secondary N) is 1. The molecule has 0 aliphatic carbocycles. The highest BCUT2D eigenvalue weighted by Crippen LogP contribution is 2.26. The van der Waals surface area contributed by atoms with Crippen molar-refractivity contribution < 1.29 is 14.3 Å². The van der Waals surface area contributed by atoms with Gasteiger partial charge in [0.25, 0.3) is 0 Å². The summed E-state index contributed by atoms with van der Waals surface area (Å²) < 4.78 is 12.8. The first-order valence-corrected chi connectivity index (χ1v) is 9.69. The first-order valence-electron chi connectivity index (χ1n) is 8.33. The number of carbonyl (C=O) groups is 1. The second kappa shape index (κ2) is 8.89. The number of thioether (sulfide) groups is 1. The number of benzene rings is 1. The number of fused-ring (bicyclic) bond motifs is 1. The second-order valence-corrected chi connectivity index (χ2v) is 7.28. The Morgan fingerprint density at radius 3 is 3.20 bits per heavy atom. The molecule has 1 atom stereocenters. The fraction of sp³-hybridized carbons (Fsp3) is 0.529. The van der Waals surface area contributed by atoms with Crippen molar-refractivity contribution in [3.8, 4) is 0 Å². The van der Waals surface area contributed by atoms with E-state index in [1.54, 1.807) is 7.11 Å². The molecule has 6 nitrogen and oxygen atoms in total. The van der Waals surface area contributed by atoms with Gasteiger partial charge in [0.2, 0.25) is 5.91 Å². The average molecular weight is 384 g/mol. The first kappa shape index (κ1) is 18.5. The summed E-state index contributed by atoms with van der Waals surface area (Å²) in [6.45, 7) is 2.62. The van der Waals surface area contributed by atoms with Gasteiger partial charge in [-0.25, -0.2) is 4.98 Å². The molecule has 1 fully saturated rings. The van der Waals surface area contributed by atoms with E-state index in [0.29, 0.717) is 30.5 Å². The maximum absolute atomic E-state index is 12.1. The molecule has 1 amide bonds. The van der Waals surface area contributed by atoms with Crippen LogP contribution in [0.15, 0.2) is 23.4 Å². The zero-order chi connectivity index (χ0) is 17.6. The Morgan fingerprint density at radius 2 is 2.44 bits per heavy atom. The third kappa shape index (κ3) is 4.88. The highest BCUT2D eigenvalue weighted by atomic mass is 35.5. The van der Waals surface area contributed by atoms with Crippen molar-refractivity contribution in [2.75, 3.05) is 32.6 Å². The van der Waals surface area contributed by atoms with Crippen LogP contribution >= 0.6 is 23.4 Å². The van der Waals surface area contributed by atoms with E-state index in [-0.39, 0.29) is 12.0 Å². The van der Waals surface area contributed by atoms with E-state index in [2.05, 4.69) is 14.9 Å². The van der Waals surface area contributed by atoms with E-state index in [1.165, 1.54) is 11.8 Å². The Morgan fingerprint density at radius 1 is 1.56 bits per heavy atom. The van der Waals surface area contributed by atoms with Crippen LogP contribution in [0.4, 0.5) is 0 Å². The number of hydrogen-bond donors (Lipinski definition) is 1. The van der Waals surface area contributed by atoms with Crippen molar-refractivity contribution in [3.05, 3.63) is 23.2 Å². The number of nitrogens with zero attached hydrogens (tertiary/aromatic N) is 2. The quantitative estimate of drug-likeness (QED) is 0.710. The summed E-state index contributed by atoms with van der Waals surface area (Å²) in [5.41, 5.74) is 1.81. The summed E-state index contributed by atoms with van der Waals surface area (Å²) in [5, 5.41) is 4.37. The molecule has 1 N–H and O–H groups in total. The maximum Gasteiger partial charge on any atom is 0.230 e. The minimum absolute atomic E-state index is 0.0103. The smallest absolute Gasteiger partial charge is 0.230 e. The number of carbonyl (C=O) groups excluding carboxylic acids is 1. The lowest BCUT2D eigenvalue weighted by Crippen LogP contribution is -2.32. The lowest BCUT2D eigenvalue weighted by Gasteiger charge is -2.11. The maximum atomic E-state index is 12.1. The zero-order valence-electron chi connectivity index (χ0n) is 14.2. The van der Waals surface area contributed by atoms with Crippen molar-refractivity contribution in [1.29, 1.82) is 0 Å². The monoisotopic (exact) mass is 383 g/mol. The van der Waals surface area contributed by atoms with Crippen LogP contribution in [0.1, 0.15) is 12.8 Å². The van der Waals surface area contributed by atoms with E-state index < -0.39 is 0 Å². The summed E-state index contributed by atoms with van der Waals surface area (Å²) >= 11 is 7.48. The molecule has 136 valence electrons.